The first-order valence-electron chi connectivity index (χ1n) is 11.5. The van der Waals surface area contributed by atoms with E-state index in [1.54, 1.807) is 0 Å². The summed E-state index contributed by atoms with van der Waals surface area (Å²) in [6, 6.07) is 20.8. The molecule has 0 aliphatic heterocycles. The number of amides is 1. The maximum atomic E-state index is 13.0. The molecule has 3 aromatic rings. The first kappa shape index (κ1) is 23.1. The standard InChI is InChI=1S/C28H29N3OS/c1-4-26(27(32)30-24-12-10-18(2)19(3)14-24)33-28-23(17-29)16-22-15-21(11-13-25(22)31-28)20-8-6-5-7-9-20/h5-10,12,14,16,21,26H,4,11,13,15H2,1-3H3,(H,30,32). The van der Waals surface area contributed by atoms with E-state index in [-0.39, 0.29) is 11.2 Å². The number of nitrogens with zero attached hydrogens (tertiary/aromatic N) is 2. The van der Waals surface area contributed by atoms with E-state index in [9.17, 15) is 10.1 Å². The van der Waals surface area contributed by atoms with Crippen LogP contribution in [0.2, 0.25) is 0 Å². The fourth-order valence-electron chi connectivity index (χ4n) is 4.32. The van der Waals surface area contributed by atoms with Gasteiger partial charge < -0.3 is 5.32 Å². The van der Waals surface area contributed by atoms with Crippen LogP contribution in [0.5, 0.6) is 0 Å². The van der Waals surface area contributed by atoms with Gasteiger partial charge in [-0.25, -0.2) is 4.98 Å². The van der Waals surface area contributed by atoms with Gasteiger partial charge in [0.25, 0.3) is 0 Å². The minimum Gasteiger partial charge on any atom is -0.325 e. The van der Waals surface area contributed by atoms with Crippen molar-refractivity contribution < 1.29 is 4.79 Å². The van der Waals surface area contributed by atoms with Crippen molar-refractivity contribution in [3.05, 3.63) is 88.1 Å². The van der Waals surface area contributed by atoms with Crippen molar-refractivity contribution in [1.29, 1.82) is 5.26 Å². The van der Waals surface area contributed by atoms with Gasteiger partial charge in [-0.2, -0.15) is 5.26 Å². The zero-order valence-electron chi connectivity index (χ0n) is 19.4. The number of aryl methyl sites for hydroxylation is 3. The zero-order valence-corrected chi connectivity index (χ0v) is 20.2. The van der Waals surface area contributed by atoms with Crippen molar-refractivity contribution in [2.24, 2.45) is 0 Å². The van der Waals surface area contributed by atoms with E-state index in [1.807, 2.05) is 44.2 Å². The van der Waals surface area contributed by atoms with E-state index in [0.29, 0.717) is 22.9 Å². The number of rotatable bonds is 6. The van der Waals surface area contributed by atoms with Crippen LogP contribution in [0, 0.1) is 25.2 Å². The molecule has 168 valence electrons. The minimum atomic E-state index is -0.315. The summed E-state index contributed by atoms with van der Waals surface area (Å²) >= 11 is 1.40. The Morgan fingerprint density at radius 1 is 1.18 bits per heavy atom. The van der Waals surface area contributed by atoms with Gasteiger partial charge in [0.1, 0.15) is 11.1 Å². The number of nitriles is 1. The molecule has 1 amide bonds. The van der Waals surface area contributed by atoms with E-state index >= 15 is 0 Å². The van der Waals surface area contributed by atoms with E-state index < -0.39 is 0 Å². The van der Waals surface area contributed by atoms with Crippen molar-refractivity contribution >= 4 is 23.4 Å². The number of fused-ring (bicyclic) bond motifs is 1. The van der Waals surface area contributed by atoms with E-state index in [4.69, 9.17) is 4.98 Å². The Morgan fingerprint density at radius 2 is 1.97 bits per heavy atom. The van der Waals surface area contributed by atoms with Gasteiger partial charge in [-0.3, -0.25) is 4.79 Å². The van der Waals surface area contributed by atoms with Crippen LogP contribution in [0.4, 0.5) is 5.69 Å². The second-order valence-electron chi connectivity index (χ2n) is 8.71. The molecule has 2 atom stereocenters. The predicted molar refractivity (Wildman–Crippen MR) is 135 cm³/mol. The van der Waals surface area contributed by atoms with E-state index in [0.717, 1.165) is 41.8 Å². The summed E-state index contributed by atoms with van der Waals surface area (Å²) in [6.45, 7) is 6.08. The van der Waals surface area contributed by atoms with Crippen LogP contribution >= 0.6 is 11.8 Å². The highest BCUT2D eigenvalue weighted by Crippen LogP contribution is 2.36. The van der Waals surface area contributed by atoms with Crippen molar-refractivity contribution in [2.45, 2.75) is 62.6 Å². The van der Waals surface area contributed by atoms with Crippen LogP contribution in [0.1, 0.15) is 59.2 Å². The van der Waals surface area contributed by atoms with Crippen LogP contribution in [-0.4, -0.2) is 16.1 Å². The summed E-state index contributed by atoms with van der Waals surface area (Å²) in [5.74, 6) is 0.399. The Balaban J connectivity index is 1.52. The first-order valence-corrected chi connectivity index (χ1v) is 12.4. The number of nitrogens with one attached hydrogen (secondary N) is 1. The highest BCUT2D eigenvalue weighted by atomic mass is 32.2. The lowest BCUT2D eigenvalue weighted by atomic mass is 9.82. The lowest BCUT2D eigenvalue weighted by Crippen LogP contribution is -2.25. The fourth-order valence-corrected chi connectivity index (χ4v) is 5.32. The number of hydrogen-bond acceptors (Lipinski definition) is 4. The highest BCUT2D eigenvalue weighted by molar-refractivity contribution is 8.00. The van der Waals surface area contributed by atoms with Gasteiger partial charge >= 0.3 is 0 Å². The van der Waals surface area contributed by atoms with Gasteiger partial charge in [0, 0.05) is 11.4 Å². The Bertz CT molecular complexity index is 1200. The molecule has 0 bridgehead atoms. The Hall–Kier alpha value is -3.10. The van der Waals surface area contributed by atoms with Gasteiger partial charge in [0.15, 0.2) is 0 Å². The third kappa shape index (κ3) is 5.29. The van der Waals surface area contributed by atoms with Crippen molar-refractivity contribution in [3.63, 3.8) is 0 Å². The summed E-state index contributed by atoms with van der Waals surface area (Å²) < 4.78 is 0. The predicted octanol–water partition coefficient (Wildman–Crippen LogP) is 6.35. The molecular weight excluding hydrogens is 426 g/mol. The molecule has 0 spiro atoms. The summed E-state index contributed by atoms with van der Waals surface area (Å²) in [5.41, 5.74) is 7.26. The van der Waals surface area contributed by atoms with Crippen LogP contribution in [0.3, 0.4) is 0 Å². The molecule has 4 nitrogen and oxygen atoms in total. The van der Waals surface area contributed by atoms with Crippen LogP contribution < -0.4 is 5.32 Å². The monoisotopic (exact) mass is 455 g/mol. The van der Waals surface area contributed by atoms with Gasteiger partial charge in [-0.05, 0) is 85.9 Å². The average Bonchev–Trinajstić information content (AvgIpc) is 2.84. The largest absolute Gasteiger partial charge is 0.325 e. The van der Waals surface area contributed by atoms with Crippen LogP contribution in [-0.2, 0) is 17.6 Å². The molecule has 1 aliphatic carbocycles. The van der Waals surface area contributed by atoms with Crippen molar-refractivity contribution in [1.82, 2.24) is 4.98 Å². The van der Waals surface area contributed by atoms with Crippen molar-refractivity contribution in [3.8, 4) is 6.07 Å². The number of hydrogen-bond donors (Lipinski definition) is 1. The molecule has 4 rings (SSSR count). The fraction of sp³-hybridized carbons (Fsp3) is 0.321. The van der Waals surface area contributed by atoms with Gasteiger partial charge in [-0.15, -0.1) is 0 Å². The maximum absolute atomic E-state index is 13.0. The zero-order chi connectivity index (χ0) is 23.4. The molecule has 1 N–H and O–H groups in total. The van der Waals surface area contributed by atoms with Gasteiger partial charge in [0.2, 0.25) is 5.91 Å². The van der Waals surface area contributed by atoms with Crippen LogP contribution in [0.25, 0.3) is 0 Å². The molecule has 0 saturated heterocycles. The second-order valence-corrected chi connectivity index (χ2v) is 9.90. The molecule has 1 aliphatic rings. The topological polar surface area (TPSA) is 65.8 Å². The third-order valence-corrected chi connectivity index (χ3v) is 7.80. The molecule has 1 heterocycles. The highest BCUT2D eigenvalue weighted by Gasteiger charge is 2.25. The smallest absolute Gasteiger partial charge is 0.237 e. The molecule has 5 heteroatoms. The molecule has 0 saturated carbocycles. The molecule has 1 aromatic heterocycles. The normalized spacial score (nSPS) is 15.9. The molecule has 2 unspecified atom stereocenters. The lowest BCUT2D eigenvalue weighted by Gasteiger charge is -2.25. The Morgan fingerprint density at radius 3 is 2.67 bits per heavy atom. The molecule has 33 heavy (non-hydrogen) atoms. The summed E-state index contributed by atoms with van der Waals surface area (Å²) in [4.78, 5) is 17.9. The summed E-state index contributed by atoms with van der Waals surface area (Å²) in [6.07, 6.45) is 3.49. The number of benzene rings is 2. The number of anilines is 1. The average molecular weight is 456 g/mol. The number of carbonyl (C=O) groups excluding carboxylic acids is 1. The van der Waals surface area contributed by atoms with Crippen LogP contribution in [0.15, 0.2) is 59.6 Å². The molecule has 2 aromatic carbocycles. The molecule has 0 radical (unpaired) electrons. The van der Waals surface area contributed by atoms with Gasteiger partial charge in [0.05, 0.1) is 10.8 Å². The summed E-state index contributed by atoms with van der Waals surface area (Å²) in [5, 5.41) is 13.2. The Kier molecular flexibility index (Phi) is 7.15. The SMILES string of the molecule is CCC(Sc1nc2c(cc1C#N)CC(c1ccccc1)CC2)C(=O)Nc1ccc(C)c(C)c1. The quantitative estimate of drug-likeness (QED) is 0.440. The number of pyridine rings is 1. The first-order chi connectivity index (χ1) is 16.0. The maximum Gasteiger partial charge on any atom is 0.237 e. The minimum absolute atomic E-state index is 0.0571. The summed E-state index contributed by atoms with van der Waals surface area (Å²) in [7, 11) is 0. The molecule has 0 fully saturated rings. The second kappa shape index (κ2) is 10.2. The van der Waals surface area contributed by atoms with E-state index in [2.05, 4.69) is 42.6 Å². The van der Waals surface area contributed by atoms with E-state index in [1.165, 1.54) is 22.9 Å². The lowest BCUT2D eigenvalue weighted by molar-refractivity contribution is -0.115. The number of carbonyl (C=O) groups is 1. The molecular formula is C28H29N3OS. The van der Waals surface area contributed by atoms with Gasteiger partial charge in [-0.1, -0.05) is 55.1 Å². The third-order valence-electron chi connectivity index (χ3n) is 6.44. The van der Waals surface area contributed by atoms with Crippen molar-refractivity contribution in [2.75, 3.05) is 5.32 Å². The number of thioether (sulfide) groups is 1. The Labute approximate surface area is 200 Å². The number of aromatic nitrogens is 1.